The van der Waals surface area contributed by atoms with Crippen LogP contribution in [0.15, 0.2) is 88.9 Å². The molecule has 0 amide bonds. The van der Waals surface area contributed by atoms with Crippen LogP contribution in [0.5, 0.6) is 0 Å². The molecule has 0 aliphatic carbocycles. The maximum atomic E-state index is 13.1. The Morgan fingerprint density at radius 2 is 1.58 bits per heavy atom. The summed E-state index contributed by atoms with van der Waals surface area (Å²) < 4.78 is 1.34. The lowest BCUT2D eigenvalue weighted by Gasteiger charge is -2.09. The van der Waals surface area contributed by atoms with Crippen molar-refractivity contribution in [2.75, 3.05) is 5.43 Å². The highest BCUT2D eigenvalue weighted by Crippen LogP contribution is 2.24. The Balaban J connectivity index is 1.51. The number of H-pyrrole nitrogens is 1. The molecule has 0 bridgehead atoms. The fourth-order valence-electron chi connectivity index (χ4n) is 3.88. The van der Waals surface area contributed by atoms with E-state index in [1.54, 1.807) is 12.3 Å². The van der Waals surface area contributed by atoms with Crippen molar-refractivity contribution in [3.05, 3.63) is 94.9 Å². The van der Waals surface area contributed by atoms with Gasteiger partial charge in [0.2, 0.25) is 0 Å². The monoisotopic (exact) mass is 404 g/mol. The van der Waals surface area contributed by atoms with Crippen molar-refractivity contribution in [2.45, 2.75) is 0 Å². The minimum absolute atomic E-state index is 0.213. The van der Waals surface area contributed by atoms with Crippen LogP contribution >= 0.6 is 0 Å². The zero-order chi connectivity index (χ0) is 20.8. The Kier molecular flexibility index (Phi) is 3.79. The molecule has 3 heterocycles. The molecule has 0 atom stereocenters. The van der Waals surface area contributed by atoms with Crippen molar-refractivity contribution >= 4 is 50.3 Å². The normalized spacial score (nSPS) is 11.9. The van der Waals surface area contributed by atoms with E-state index in [4.69, 9.17) is 4.98 Å². The number of benzene rings is 3. The Bertz CT molecular complexity index is 1700. The second-order valence-electron chi connectivity index (χ2n) is 7.22. The number of anilines is 1. The average Bonchev–Trinajstić information content (AvgIpc) is 3.23. The van der Waals surface area contributed by atoms with Crippen LogP contribution in [0.3, 0.4) is 0 Å². The first kappa shape index (κ1) is 17.3. The van der Waals surface area contributed by atoms with Gasteiger partial charge in [0, 0.05) is 33.4 Å². The van der Waals surface area contributed by atoms with Crippen molar-refractivity contribution in [1.82, 2.24) is 19.6 Å². The van der Waals surface area contributed by atoms with Gasteiger partial charge in [0.15, 0.2) is 11.5 Å². The summed E-state index contributed by atoms with van der Waals surface area (Å²) in [6.07, 6.45) is 3.64. The molecule has 2 N–H and O–H groups in total. The van der Waals surface area contributed by atoms with Crippen LogP contribution in [-0.2, 0) is 0 Å². The number of hydrazone groups is 1. The quantitative estimate of drug-likeness (QED) is 0.199. The highest BCUT2D eigenvalue weighted by Gasteiger charge is 2.13. The first-order chi connectivity index (χ1) is 15.3. The van der Waals surface area contributed by atoms with Crippen LogP contribution in [0, 0.1) is 0 Å². The summed E-state index contributed by atoms with van der Waals surface area (Å²) in [5.41, 5.74) is 5.97. The number of rotatable bonds is 3. The third-order valence-corrected chi connectivity index (χ3v) is 5.37. The Morgan fingerprint density at radius 1 is 0.871 bits per heavy atom. The van der Waals surface area contributed by atoms with Crippen LogP contribution < -0.4 is 11.0 Å². The lowest BCUT2D eigenvalue weighted by molar-refractivity contribution is 0.892. The van der Waals surface area contributed by atoms with E-state index in [0.717, 1.165) is 27.2 Å². The predicted octanol–water partition coefficient (Wildman–Crippen LogP) is 4.32. The third-order valence-electron chi connectivity index (χ3n) is 5.37. The molecule has 0 radical (unpaired) electrons. The summed E-state index contributed by atoms with van der Waals surface area (Å²) in [5.74, 6) is 0.485. The smallest absolute Gasteiger partial charge is 0.282 e. The van der Waals surface area contributed by atoms with E-state index in [1.165, 1.54) is 4.52 Å². The lowest BCUT2D eigenvalue weighted by Crippen LogP contribution is -2.19. The van der Waals surface area contributed by atoms with E-state index in [9.17, 15) is 4.79 Å². The molecule has 3 aromatic heterocycles. The molecule has 0 saturated heterocycles. The van der Waals surface area contributed by atoms with Crippen LogP contribution in [-0.4, -0.2) is 25.8 Å². The number of para-hydroxylation sites is 2. The van der Waals surface area contributed by atoms with E-state index < -0.39 is 0 Å². The molecule has 7 nitrogen and oxygen atoms in total. The Hall–Kier alpha value is -4.52. The first-order valence-corrected chi connectivity index (χ1v) is 9.85. The van der Waals surface area contributed by atoms with E-state index in [0.29, 0.717) is 22.4 Å². The topological polar surface area (TPSA) is 87.4 Å². The van der Waals surface area contributed by atoms with Crippen LogP contribution in [0.4, 0.5) is 5.82 Å². The second-order valence-corrected chi connectivity index (χ2v) is 7.22. The maximum Gasteiger partial charge on any atom is 0.282 e. The molecule has 0 spiro atoms. The third kappa shape index (κ3) is 2.75. The second kappa shape index (κ2) is 6.77. The minimum atomic E-state index is -0.213. The summed E-state index contributed by atoms with van der Waals surface area (Å²) in [6.45, 7) is 0. The molecule has 0 saturated carbocycles. The number of hydrogen-bond acceptors (Lipinski definition) is 5. The van der Waals surface area contributed by atoms with Gasteiger partial charge in [-0.25, -0.2) is 4.98 Å². The summed E-state index contributed by atoms with van der Waals surface area (Å²) in [7, 11) is 0. The van der Waals surface area contributed by atoms with Gasteiger partial charge in [-0.3, -0.25) is 10.2 Å². The minimum Gasteiger partial charge on any atom is -0.361 e. The number of nitrogens with one attached hydrogen (secondary N) is 2. The average molecular weight is 404 g/mol. The molecule has 3 aromatic carbocycles. The zero-order valence-corrected chi connectivity index (χ0v) is 16.3. The van der Waals surface area contributed by atoms with Gasteiger partial charge >= 0.3 is 0 Å². The van der Waals surface area contributed by atoms with E-state index in [1.807, 2.05) is 72.9 Å². The molecule has 0 unspecified atom stereocenters. The Labute approximate surface area is 175 Å². The number of hydrogen-bond donors (Lipinski definition) is 2. The number of fused-ring (bicyclic) bond motifs is 5. The SMILES string of the molecule is O=c1c2ccccc2nc2c3ccccc3c(NN=Cc3c[nH]c4ccccc34)nn12. The fraction of sp³-hybridized carbons (Fsp3) is 0. The highest BCUT2D eigenvalue weighted by molar-refractivity contribution is 6.02. The molecule has 148 valence electrons. The summed E-state index contributed by atoms with van der Waals surface area (Å²) in [4.78, 5) is 21.0. The van der Waals surface area contributed by atoms with Crippen molar-refractivity contribution in [1.29, 1.82) is 0 Å². The first-order valence-electron chi connectivity index (χ1n) is 9.85. The molecular weight excluding hydrogens is 388 g/mol. The van der Waals surface area contributed by atoms with Gasteiger partial charge in [0.25, 0.3) is 5.56 Å². The van der Waals surface area contributed by atoms with Crippen molar-refractivity contribution < 1.29 is 0 Å². The summed E-state index contributed by atoms with van der Waals surface area (Å²) >= 11 is 0. The fourth-order valence-corrected chi connectivity index (χ4v) is 3.88. The van der Waals surface area contributed by atoms with Gasteiger partial charge in [-0.2, -0.15) is 9.62 Å². The van der Waals surface area contributed by atoms with Crippen LogP contribution in [0.2, 0.25) is 0 Å². The zero-order valence-electron chi connectivity index (χ0n) is 16.3. The van der Waals surface area contributed by atoms with Gasteiger partial charge in [0.1, 0.15) is 0 Å². The van der Waals surface area contributed by atoms with Crippen molar-refractivity contribution in [3.8, 4) is 0 Å². The summed E-state index contributed by atoms with van der Waals surface area (Å²) in [6, 6.07) is 23.0. The van der Waals surface area contributed by atoms with E-state index in [-0.39, 0.29) is 5.56 Å². The molecule has 6 rings (SSSR count). The summed E-state index contributed by atoms with van der Waals surface area (Å²) in [5, 5.41) is 12.2. The maximum absolute atomic E-state index is 13.1. The Morgan fingerprint density at radius 3 is 2.45 bits per heavy atom. The van der Waals surface area contributed by atoms with Gasteiger partial charge < -0.3 is 4.98 Å². The largest absolute Gasteiger partial charge is 0.361 e. The highest BCUT2D eigenvalue weighted by atomic mass is 16.1. The lowest BCUT2D eigenvalue weighted by atomic mass is 10.1. The van der Waals surface area contributed by atoms with Gasteiger partial charge in [-0.1, -0.05) is 54.6 Å². The molecule has 31 heavy (non-hydrogen) atoms. The molecule has 7 heteroatoms. The molecule has 0 fully saturated rings. The number of aromatic amines is 1. The van der Waals surface area contributed by atoms with Crippen molar-refractivity contribution in [3.63, 3.8) is 0 Å². The molecule has 0 aliphatic heterocycles. The van der Waals surface area contributed by atoms with Crippen molar-refractivity contribution in [2.24, 2.45) is 5.10 Å². The number of nitrogens with zero attached hydrogens (tertiary/aromatic N) is 4. The van der Waals surface area contributed by atoms with E-state index >= 15 is 0 Å². The molecule has 0 aliphatic rings. The molecule has 6 aromatic rings. The van der Waals surface area contributed by atoms with Gasteiger partial charge in [0.05, 0.1) is 17.1 Å². The standard InChI is InChI=1S/C24H16N6O/c31-24-19-10-4-6-12-21(19)27-23-18-9-2-1-8-17(18)22(29-30(23)24)28-26-14-15-13-25-20-11-5-3-7-16(15)20/h1-14,25H,(H,28,29). The van der Waals surface area contributed by atoms with Crippen LogP contribution in [0.1, 0.15) is 5.56 Å². The van der Waals surface area contributed by atoms with Crippen LogP contribution in [0.25, 0.3) is 38.2 Å². The van der Waals surface area contributed by atoms with Gasteiger partial charge in [-0.15, -0.1) is 5.10 Å². The van der Waals surface area contributed by atoms with Gasteiger partial charge in [-0.05, 0) is 18.2 Å². The molecular formula is C24H16N6O. The predicted molar refractivity (Wildman–Crippen MR) is 124 cm³/mol. The number of aromatic nitrogens is 4. The van der Waals surface area contributed by atoms with E-state index in [2.05, 4.69) is 20.6 Å².